The van der Waals surface area contributed by atoms with E-state index < -0.39 is 0 Å². The number of hydrogen-bond donors (Lipinski definition) is 2. The molecule has 1 aliphatic rings. The zero-order valence-electron chi connectivity index (χ0n) is 10.2. The number of carbonyl (C=O) groups is 1. The molecule has 0 heterocycles. The minimum absolute atomic E-state index is 0.0861. The van der Waals surface area contributed by atoms with Gasteiger partial charge in [-0.05, 0) is 43.0 Å². The Kier molecular flexibility index (Phi) is 4.48. The van der Waals surface area contributed by atoms with Crippen LogP contribution in [0, 0.1) is 5.92 Å². The third-order valence-corrected chi connectivity index (χ3v) is 3.95. The van der Waals surface area contributed by atoms with Gasteiger partial charge in [-0.3, -0.25) is 4.79 Å². The monoisotopic (exact) mass is 267 g/mol. The zero-order valence-corrected chi connectivity index (χ0v) is 11.0. The lowest BCUT2D eigenvalue weighted by molar-refractivity contribution is 0.0911. The number of alkyl halides is 1. The number of hydrogen-bond acceptors (Lipinski definition) is 2. The minimum Gasteiger partial charge on any atom is -0.508 e. The maximum absolute atomic E-state index is 12.0. The van der Waals surface area contributed by atoms with E-state index in [0.717, 1.165) is 19.3 Å². The number of aromatic hydroxyl groups is 1. The van der Waals surface area contributed by atoms with Gasteiger partial charge in [-0.2, -0.15) is 0 Å². The normalized spacial score (nSPS) is 23.6. The van der Waals surface area contributed by atoms with E-state index in [1.165, 1.54) is 18.6 Å². The molecule has 0 radical (unpaired) electrons. The predicted molar refractivity (Wildman–Crippen MR) is 72.0 cm³/mol. The fourth-order valence-corrected chi connectivity index (χ4v) is 2.82. The number of benzene rings is 1. The molecule has 2 rings (SSSR count). The maximum Gasteiger partial charge on any atom is 0.251 e. The molecule has 1 fully saturated rings. The topological polar surface area (TPSA) is 49.3 Å². The summed E-state index contributed by atoms with van der Waals surface area (Å²) < 4.78 is 0. The van der Waals surface area contributed by atoms with Gasteiger partial charge in [-0.15, -0.1) is 11.6 Å². The molecule has 3 nitrogen and oxygen atoms in total. The second-order valence-corrected chi connectivity index (χ2v) is 5.13. The van der Waals surface area contributed by atoms with Crippen molar-refractivity contribution >= 4 is 17.5 Å². The Bertz CT molecular complexity index is 405. The molecule has 2 unspecified atom stereocenters. The maximum atomic E-state index is 12.0. The molecule has 1 amide bonds. The number of amides is 1. The van der Waals surface area contributed by atoms with Crippen molar-refractivity contribution in [2.45, 2.75) is 31.7 Å². The van der Waals surface area contributed by atoms with Gasteiger partial charge in [0.25, 0.3) is 5.91 Å². The third kappa shape index (κ3) is 3.16. The van der Waals surface area contributed by atoms with Crippen molar-refractivity contribution < 1.29 is 9.90 Å². The fraction of sp³-hybridized carbons (Fsp3) is 0.500. The van der Waals surface area contributed by atoms with Crippen LogP contribution < -0.4 is 5.32 Å². The van der Waals surface area contributed by atoms with E-state index >= 15 is 0 Å². The standard InChI is InChI=1S/C14H18ClNO2/c15-9-11-3-1-2-4-13(11)16-14(18)10-5-7-12(17)8-6-10/h5-8,11,13,17H,1-4,9H2,(H,16,18). The lowest BCUT2D eigenvalue weighted by atomic mass is 9.85. The van der Waals surface area contributed by atoms with Crippen molar-refractivity contribution in [3.8, 4) is 5.75 Å². The highest BCUT2D eigenvalue weighted by Gasteiger charge is 2.25. The summed E-state index contributed by atoms with van der Waals surface area (Å²) in [4.78, 5) is 12.0. The van der Waals surface area contributed by atoms with Crippen LogP contribution in [0.3, 0.4) is 0 Å². The molecular formula is C14H18ClNO2. The van der Waals surface area contributed by atoms with Crippen molar-refractivity contribution in [3.63, 3.8) is 0 Å². The van der Waals surface area contributed by atoms with Gasteiger partial charge in [-0.25, -0.2) is 0 Å². The van der Waals surface area contributed by atoms with Crippen molar-refractivity contribution in [2.75, 3.05) is 5.88 Å². The Labute approximate surface area is 112 Å². The van der Waals surface area contributed by atoms with Crippen molar-refractivity contribution in [1.29, 1.82) is 0 Å². The first-order chi connectivity index (χ1) is 8.70. The molecule has 0 aliphatic heterocycles. The molecule has 0 saturated heterocycles. The lowest BCUT2D eigenvalue weighted by Gasteiger charge is -2.30. The Morgan fingerprint density at radius 1 is 1.28 bits per heavy atom. The van der Waals surface area contributed by atoms with Gasteiger partial charge in [0.15, 0.2) is 0 Å². The van der Waals surface area contributed by atoms with Gasteiger partial charge in [-0.1, -0.05) is 12.8 Å². The Morgan fingerprint density at radius 2 is 1.94 bits per heavy atom. The molecule has 1 aliphatic carbocycles. The minimum atomic E-state index is -0.0861. The highest BCUT2D eigenvalue weighted by Crippen LogP contribution is 2.25. The number of phenolic OH excluding ortho intramolecular Hbond substituents is 1. The summed E-state index contributed by atoms with van der Waals surface area (Å²) in [6, 6.07) is 6.48. The molecule has 2 atom stereocenters. The number of rotatable bonds is 3. The van der Waals surface area contributed by atoms with Crippen LogP contribution in [0.1, 0.15) is 36.0 Å². The summed E-state index contributed by atoms with van der Waals surface area (Å²) in [5, 5.41) is 12.2. The van der Waals surface area contributed by atoms with E-state index in [9.17, 15) is 9.90 Å². The molecule has 0 spiro atoms. The molecule has 1 aromatic rings. The summed E-state index contributed by atoms with van der Waals surface area (Å²) in [5.41, 5.74) is 0.576. The summed E-state index contributed by atoms with van der Waals surface area (Å²) >= 11 is 5.94. The first-order valence-corrected chi connectivity index (χ1v) is 6.90. The van der Waals surface area contributed by atoms with Gasteiger partial charge in [0.2, 0.25) is 0 Å². The van der Waals surface area contributed by atoms with Crippen molar-refractivity contribution in [3.05, 3.63) is 29.8 Å². The molecule has 4 heteroatoms. The quantitative estimate of drug-likeness (QED) is 0.828. The van der Waals surface area contributed by atoms with E-state index in [-0.39, 0.29) is 17.7 Å². The smallest absolute Gasteiger partial charge is 0.251 e. The molecule has 18 heavy (non-hydrogen) atoms. The van der Waals surface area contributed by atoms with Gasteiger partial charge in [0.1, 0.15) is 5.75 Å². The first-order valence-electron chi connectivity index (χ1n) is 6.36. The van der Waals surface area contributed by atoms with E-state index in [2.05, 4.69) is 5.32 Å². The van der Waals surface area contributed by atoms with Gasteiger partial charge in [0, 0.05) is 17.5 Å². The van der Waals surface area contributed by atoms with Crippen LogP contribution in [0.5, 0.6) is 5.75 Å². The summed E-state index contributed by atoms with van der Waals surface area (Å²) in [7, 11) is 0. The number of phenols is 1. The third-order valence-electron chi connectivity index (χ3n) is 3.55. The van der Waals surface area contributed by atoms with Gasteiger partial charge in [0.05, 0.1) is 0 Å². The Balaban J connectivity index is 1.99. The van der Waals surface area contributed by atoms with Crippen LogP contribution in [0.4, 0.5) is 0 Å². The molecule has 0 bridgehead atoms. The molecule has 0 aromatic heterocycles. The van der Waals surface area contributed by atoms with E-state index in [4.69, 9.17) is 11.6 Å². The molecule has 2 N–H and O–H groups in total. The van der Waals surface area contributed by atoms with E-state index in [0.29, 0.717) is 17.4 Å². The largest absolute Gasteiger partial charge is 0.508 e. The number of nitrogens with one attached hydrogen (secondary N) is 1. The van der Waals surface area contributed by atoms with Crippen LogP contribution in [-0.2, 0) is 0 Å². The highest BCUT2D eigenvalue weighted by atomic mass is 35.5. The molecule has 98 valence electrons. The first kappa shape index (κ1) is 13.2. The Morgan fingerprint density at radius 3 is 2.61 bits per heavy atom. The van der Waals surface area contributed by atoms with Gasteiger partial charge >= 0.3 is 0 Å². The number of carbonyl (C=O) groups excluding carboxylic acids is 1. The molecule has 1 aromatic carbocycles. The van der Waals surface area contributed by atoms with E-state index in [1.54, 1.807) is 12.1 Å². The molecular weight excluding hydrogens is 250 g/mol. The lowest BCUT2D eigenvalue weighted by Crippen LogP contribution is -2.42. The van der Waals surface area contributed by atoms with Crippen LogP contribution in [0.2, 0.25) is 0 Å². The van der Waals surface area contributed by atoms with Crippen molar-refractivity contribution in [1.82, 2.24) is 5.32 Å². The van der Waals surface area contributed by atoms with Crippen LogP contribution in [0.15, 0.2) is 24.3 Å². The second kappa shape index (κ2) is 6.10. The average molecular weight is 268 g/mol. The number of halogens is 1. The van der Waals surface area contributed by atoms with Crippen molar-refractivity contribution in [2.24, 2.45) is 5.92 Å². The van der Waals surface area contributed by atoms with E-state index in [1.807, 2.05) is 0 Å². The van der Waals surface area contributed by atoms with Crippen LogP contribution >= 0.6 is 11.6 Å². The van der Waals surface area contributed by atoms with Crippen LogP contribution in [0.25, 0.3) is 0 Å². The zero-order chi connectivity index (χ0) is 13.0. The second-order valence-electron chi connectivity index (χ2n) is 4.83. The highest BCUT2D eigenvalue weighted by molar-refractivity contribution is 6.18. The predicted octanol–water partition coefficient (Wildman–Crippen LogP) is 2.92. The van der Waals surface area contributed by atoms with Crippen LogP contribution in [-0.4, -0.2) is 22.9 Å². The SMILES string of the molecule is O=C(NC1CCCCC1CCl)c1ccc(O)cc1. The summed E-state index contributed by atoms with van der Waals surface area (Å²) in [6.45, 7) is 0. The molecule has 1 saturated carbocycles. The summed E-state index contributed by atoms with van der Waals surface area (Å²) in [5.74, 6) is 1.06. The Hall–Kier alpha value is -1.22. The fourth-order valence-electron chi connectivity index (χ4n) is 2.45. The average Bonchev–Trinajstić information content (AvgIpc) is 2.40. The van der Waals surface area contributed by atoms with Gasteiger partial charge < -0.3 is 10.4 Å². The summed E-state index contributed by atoms with van der Waals surface area (Å²) in [6.07, 6.45) is 4.43.